The third-order valence-corrected chi connectivity index (χ3v) is 6.76. The summed E-state index contributed by atoms with van der Waals surface area (Å²) < 4.78 is 0.548. The van der Waals surface area contributed by atoms with Crippen molar-refractivity contribution in [2.24, 2.45) is 4.99 Å². The highest BCUT2D eigenvalue weighted by Crippen LogP contribution is 2.41. The molecule has 0 aromatic heterocycles. The van der Waals surface area contributed by atoms with E-state index in [4.69, 9.17) is 0 Å². The third-order valence-electron chi connectivity index (χ3n) is 6.39. The van der Waals surface area contributed by atoms with Crippen LogP contribution in [0.3, 0.4) is 0 Å². The minimum Gasteiger partial charge on any atom is -0.477 e. The number of aryl methyl sites for hydroxylation is 2. The molecule has 2 aromatic rings. The topological polar surface area (TPSA) is 77.0 Å². The summed E-state index contributed by atoms with van der Waals surface area (Å²) in [6.45, 7) is 6.63. The summed E-state index contributed by atoms with van der Waals surface area (Å²) in [6, 6.07) is 14.0. The molecule has 3 atom stereocenters. The van der Waals surface area contributed by atoms with Crippen LogP contribution < -0.4 is 20.2 Å². The number of carboxylic acid groups (broad SMARTS) is 1. The van der Waals surface area contributed by atoms with Gasteiger partial charge in [0.15, 0.2) is 11.5 Å². The highest BCUT2D eigenvalue weighted by Gasteiger charge is 2.53. The van der Waals surface area contributed by atoms with Crippen molar-refractivity contribution in [2.75, 3.05) is 30.0 Å². The fourth-order valence-corrected chi connectivity index (χ4v) is 5.19. The average molecular weight is 441 g/mol. The van der Waals surface area contributed by atoms with Gasteiger partial charge in [-0.05, 0) is 32.0 Å². The Labute approximate surface area is 188 Å². The van der Waals surface area contributed by atoms with Crippen LogP contribution in [0.5, 0.6) is 0 Å². The Morgan fingerprint density at radius 1 is 1.29 bits per heavy atom. The Hall–Kier alpha value is -2.71. The number of nitrogens with zero attached hydrogens (tertiary/aromatic N) is 3. The lowest BCUT2D eigenvalue weighted by atomic mass is 9.91. The lowest BCUT2D eigenvalue weighted by molar-refractivity contribution is -0.147. The van der Waals surface area contributed by atoms with Crippen LogP contribution in [0.1, 0.15) is 24.0 Å². The van der Waals surface area contributed by atoms with E-state index in [1.807, 2.05) is 29.3 Å². The van der Waals surface area contributed by atoms with Crippen molar-refractivity contribution in [1.29, 1.82) is 0 Å². The van der Waals surface area contributed by atoms with Gasteiger partial charge in [-0.15, -0.1) is 12.6 Å². The number of hydrazine groups is 1. The Morgan fingerprint density at radius 2 is 2.03 bits per heavy atom. The van der Waals surface area contributed by atoms with Gasteiger partial charge in [-0.25, -0.2) is 9.79 Å². The molecule has 0 radical (unpaired) electrons. The van der Waals surface area contributed by atoms with Crippen LogP contribution in [0, 0.1) is 13.8 Å². The smallest absolute Gasteiger partial charge is 0.363 e. The second-order valence-electron chi connectivity index (χ2n) is 8.32. The summed E-state index contributed by atoms with van der Waals surface area (Å²) in [5.74, 6) is -0.698. The van der Waals surface area contributed by atoms with E-state index in [1.165, 1.54) is 16.8 Å². The van der Waals surface area contributed by atoms with Crippen LogP contribution >= 0.6 is 12.6 Å². The molecule has 4 rings (SSSR count). The SMILES string of the molecule is Cc1cccc(C)c1[N+]1(CCCNc2cccc(N3NC=NC3S)c2)CCC1C(=O)O. The highest BCUT2D eigenvalue weighted by molar-refractivity contribution is 7.81. The van der Waals surface area contributed by atoms with E-state index in [1.54, 1.807) is 6.34 Å². The molecule has 164 valence electrons. The molecule has 3 N–H and O–H groups in total. The Morgan fingerprint density at radius 3 is 2.65 bits per heavy atom. The van der Waals surface area contributed by atoms with Gasteiger partial charge in [0.25, 0.3) is 0 Å². The zero-order valence-electron chi connectivity index (χ0n) is 18.0. The number of anilines is 2. The fraction of sp³-hybridized carbons (Fsp3) is 0.391. The Bertz CT molecular complexity index is 977. The lowest BCUT2D eigenvalue weighted by Crippen LogP contribution is -2.70. The summed E-state index contributed by atoms with van der Waals surface area (Å²) in [7, 11) is 0. The van der Waals surface area contributed by atoms with E-state index in [-0.39, 0.29) is 11.5 Å². The van der Waals surface area contributed by atoms with Crippen molar-refractivity contribution in [3.63, 3.8) is 0 Å². The van der Waals surface area contributed by atoms with Crippen molar-refractivity contribution in [3.05, 3.63) is 53.6 Å². The summed E-state index contributed by atoms with van der Waals surface area (Å²) in [4.78, 5) is 16.2. The van der Waals surface area contributed by atoms with Crippen LogP contribution in [-0.2, 0) is 4.79 Å². The number of rotatable bonds is 8. The molecule has 0 spiro atoms. The van der Waals surface area contributed by atoms with Crippen LogP contribution in [0.15, 0.2) is 47.5 Å². The normalized spacial score (nSPS) is 24.5. The maximum absolute atomic E-state index is 12.0. The first kappa shape index (κ1) is 21.5. The van der Waals surface area contributed by atoms with E-state index in [0.717, 1.165) is 43.9 Å². The second kappa shape index (κ2) is 8.80. The van der Waals surface area contributed by atoms with E-state index >= 15 is 0 Å². The van der Waals surface area contributed by atoms with Gasteiger partial charge in [-0.3, -0.25) is 14.9 Å². The molecule has 2 aliphatic heterocycles. The molecule has 2 aliphatic rings. The molecule has 3 unspecified atom stereocenters. The van der Waals surface area contributed by atoms with Gasteiger partial charge < -0.3 is 10.4 Å². The Kier molecular flexibility index (Phi) is 6.11. The van der Waals surface area contributed by atoms with Gasteiger partial charge >= 0.3 is 5.97 Å². The van der Waals surface area contributed by atoms with Crippen molar-refractivity contribution in [3.8, 4) is 0 Å². The lowest BCUT2D eigenvalue weighted by Gasteiger charge is -2.51. The number of likely N-dealkylation sites (tertiary alicyclic amines) is 1. The molecule has 7 nitrogen and oxygen atoms in total. The van der Waals surface area contributed by atoms with Crippen molar-refractivity contribution in [1.82, 2.24) is 9.91 Å². The average Bonchev–Trinajstić information content (AvgIpc) is 3.14. The fourth-order valence-electron chi connectivity index (χ4n) is 4.92. The molecular formula is C23H30N5O2S+. The molecule has 1 saturated heterocycles. The van der Waals surface area contributed by atoms with Crippen LogP contribution in [0.25, 0.3) is 0 Å². The minimum atomic E-state index is -0.698. The number of benzene rings is 2. The van der Waals surface area contributed by atoms with Crippen LogP contribution in [-0.4, -0.2) is 48.6 Å². The van der Waals surface area contributed by atoms with Gasteiger partial charge in [0, 0.05) is 29.8 Å². The molecule has 0 saturated carbocycles. The van der Waals surface area contributed by atoms with E-state index in [0.29, 0.717) is 4.48 Å². The maximum Gasteiger partial charge on any atom is 0.363 e. The number of aliphatic carboxylic acids is 1. The predicted octanol–water partition coefficient (Wildman–Crippen LogP) is 3.54. The number of carboxylic acids is 1. The van der Waals surface area contributed by atoms with Crippen molar-refractivity contribution < 1.29 is 9.90 Å². The standard InChI is InChI=1S/C23H29N5O2S/c1-16-6-3-7-17(2)21(16)28(13-10-20(28)22(29)30)12-5-11-24-18-8-4-9-19(14-18)27-23(31)25-15-26-27/h3-4,6-9,14-15,20,23-24H,5,10-13H2,1-2H3,(H2-,25,26,29,30,31)/p+1. The van der Waals surface area contributed by atoms with Crippen molar-refractivity contribution in [2.45, 2.75) is 38.2 Å². The number of hydrogen-bond donors (Lipinski definition) is 4. The van der Waals surface area contributed by atoms with Crippen molar-refractivity contribution >= 4 is 42.0 Å². The number of carbonyl (C=O) groups is 1. The quantitative estimate of drug-likeness (QED) is 0.287. The highest BCUT2D eigenvalue weighted by atomic mass is 32.1. The zero-order valence-corrected chi connectivity index (χ0v) is 18.8. The first-order valence-corrected chi connectivity index (χ1v) is 11.2. The van der Waals surface area contributed by atoms with Gasteiger partial charge in [0.05, 0.1) is 25.2 Å². The summed E-state index contributed by atoms with van der Waals surface area (Å²) in [5, 5.41) is 15.2. The minimum absolute atomic E-state index is 0.240. The van der Waals surface area contributed by atoms with E-state index in [2.05, 4.69) is 60.4 Å². The first-order chi connectivity index (χ1) is 14.9. The number of quaternary nitrogens is 1. The molecule has 31 heavy (non-hydrogen) atoms. The number of hydrogen-bond acceptors (Lipinski definition) is 6. The molecular weight excluding hydrogens is 410 g/mol. The van der Waals surface area contributed by atoms with E-state index in [9.17, 15) is 9.90 Å². The number of thiol groups is 1. The third kappa shape index (κ3) is 4.09. The first-order valence-electron chi connectivity index (χ1n) is 10.7. The number of para-hydroxylation sites is 1. The molecule has 1 fully saturated rings. The maximum atomic E-state index is 12.0. The van der Waals surface area contributed by atoms with Gasteiger partial charge in [0.2, 0.25) is 0 Å². The molecule has 0 bridgehead atoms. The van der Waals surface area contributed by atoms with Crippen LogP contribution in [0.2, 0.25) is 0 Å². The molecule has 2 aromatic carbocycles. The second-order valence-corrected chi connectivity index (χ2v) is 8.78. The summed E-state index contributed by atoms with van der Waals surface area (Å²) in [5.41, 5.74) is 8.37. The van der Waals surface area contributed by atoms with Gasteiger partial charge in [-0.2, -0.15) is 0 Å². The summed E-state index contributed by atoms with van der Waals surface area (Å²) >= 11 is 4.44. The number of aliphatic imine (C=N–C) groups is 1. The summed E-state index contributed by atoms with van der Waals surface area (Å²) in [6.07, 6.45) is 3.25. The van der Waals surface area contributed by atoms with Gasteiger partial charge in [0.1, 0.15) is 12.0 Å². The predicted molar refractivity (Wildman–Crippen MR) is 130 cm³/mol. The molecule has 0 amide bonds. The molecule has 2 heterocycles. The largest absolute Gasteiger partial charge is 0.477 e. The van der Waals surface area contributed by atoms with E-state index < -0.39 is 5.97 Å². The molecule has 0 aliphatic carbocycles. The molecule has 8 heteroatoms. The van der Waals surface area contributed by atoms with Gasteiger partial charge in [-0.1, -0.05) is 24.3 Å². The monoisotopic (exact) mass is 440 g/mol. The Balaban J connectivity index is 1.43. The zero-order chi connectivity index (χ0) is 22.0. The number of nitrogens with one attached hydrogen (secondary N) is 2. The van der Waals surface area contributed by atoms with Crippen LogP contribution in [0.4, 0.5) is 17.1 Å².